The fourth-order valence-electron chi connectivity index (χ4n) is 3.67. The average Bonchev–Trinajstić information content (AvgIpc) is 3.10. The maximum atomic E-state index is 12.7. The lowest BCUT2D eigenvalue weighted by molar-refractivity contribution is 0.205. The fraction of sp³-hybridized carbons (Fsp3) is 0.421. The minimum atomic E-state index is -3.63. The first-order valence-corrected chi connectivity index (χ1v) is 11.3. The van der Waals surface area contributed by atoms with Crippen LogP contribution in [-0.4, -0.2) is 44.2 Å². The summed E-state index contributed by atoms with van der Waals surface area (Å²) < 4.78 is 28.2. The lowest BCUT2D eigenvalue weighted by Crippen LogP contribution is -2.38. The van der Waals surface area contributed by atoms with Crippen molar-refractivity contribution < 1.29 is 13.5 Å². The number of nitrogens with zero attached hydrogens (tertiary/aromatic N) is 1. The summed E-state index contributed by atoms with van der Waals surface area (Å²) in [6, 6.07) is 7.89. The highest BCUT2D eigenvalue weighted by atomic mass is 35.5. The lowest BCUT2D eigenvalue weighted by Gasteiger charge is -2.21. The van der Waals surface area contributed by atoms with Crippen molar-refractivity contribution in [1.82, 2.24) is 15.0 Å². The molecule has 1 aliphatic carbocycles. The summed E-state index contributed by atoms with van der Waals surface area (Å²) >= 11 is 12.0. The highest BCUT2D eigenvalue weighted by molar-refractivity contribution is 7.89. The number of aliphatic hydroxyl groups excluding tert-OH is 1. The van der Waals surface area contributed by atoms with Gasteiger partial charge in [0.25, 0.3) is 0 Å². The van der Waals surface area contributed by atoms with Crippen LogP contribution in [0.15, 0.2) is 41.4 Å². The standard InChI is InChI=1S/C19H23Cl2N3O3S/c1-22-18(11-25)13-2-5-15(8-13)24-28(26,27)16-6-3-12(4-7-16)19-17(21)9-14(20)10-23-19/h3-4,6-7,9-10,13,15,18,22,24-25H,2,5,8,11H2,1H3/t13-,15+,18?/m1/s1. The molecule has 0 saturated heterocycles. The van der Waals surface area contributed by atoms with Gasteiger partial charge in [0.15, 0.2) is 0 Å². The van der Waals surface area contributed by atoms with Crippen molar-refractivity contribution >= 4 is 33.2 Å². The predicted octanol–water partition coefficient (Wildman–Crippen LogP) is 3.08. The third kappa shape index (κ3) is 4.84. The van der Waals surface area contributed by atoms with Gasteiger partial charge < -0.3 is 10.4 Å². The summed E-state index contributed by atoms with van der Waals surface area (Å²) in [5.74, 6) is 0.253. The molecular formula is C19H23Cl2N3O3S. The molecule has 6 nitrogen and oxygen atoms in total. The first kappa shape index (κ1) is 21.5. The van der Waals surface area contributed by atoms with Crippen LogP contribution in [0.25, 0.3) is 11.3 Å². The quantitative estimate of drug-likeness (QED) is 0.611. The van der Waals surface area contributed by atoms with E-state index in [1.807, 2.05) is 7.05 Å². The van der Waals surface area contributed by atoms with Crippen molar-refractivity contribution in [1.29, 1.82) is 0 Å². The Kier molecular flexibility index (Phi) is 6.96. The molecule has 1 aliphatic rings. The SMILES string of the molecule is CNC(CO)[C@@H]1CC[C@H](NS(=O)(=O)c2ccc(-c3ncc(Cl)cc3Cl)cc2)C1. The van der Waals surface area contributed by atoms with E-state index in [4.69, 9.17) is 23.2 Å². The summed E-state index contributed by atoms with van der Waals surface area (Å²) in [6.07, 6.45) is 3.83. The minimum Gasteiger partial charge on any atom is -0.395 e. The molecule has 1 saturated carbocycles. The van der Waals surface area contributed by atoms with Gasteiger partial charge in [-0.3, -0.25) is 4.98 Å². The Labute approximate surface area is 175 Å². The zero-order chi connectivity index (χ0) is 20.3. The molecule has 1 unspecified atom stereocenters. The largest absolute Gasteiger partial charge is 0.395 e. The molecule has 0 amide bonds. The van der Waals surface area contributed by atoms with Gasteiger partial charge >= 0.3 is 0 Å². The number of pyridine rings is 1. The molecule has 3 N–H and O–H groups in total. The number of benzene rings is 1. The van der Waals surface area contributed by atoms with Crippen molar-refractivity contribution in [3.05, 3.63) is 46.6 Å². The molecule has 0 spiro atoms. The zero-order valence-electron chi connectivity index (χ0n) is 15.4. The lowest BCUT2D eigenvalue weighted by atomic mass is 9.99. The van der Waals surface area contributed by atoms with E-state index < -0.39 is 10.0 Å². The molecular weight excluding hydrogens is 421 g/mol. The van der Waals surface area contributed by atoms with E-state index in [2.05, 4.69) is 15.0 Å². The van der Waals surface area contributed by atoms with Crippen molar-refractivity contribution in [3.8, 4) is 11.3 Å². The highest BCUT2D eigenvalue weighted by Crippen LogP contribution is 2.31. The molecule has 3 rings (SSSR count). The Morgan fingerprint density at radius 3 is 2.57 bits per heavy atom. The van der Waals surface area contributed by atoms with E-state index in [1.54, 1.807) is 30.3 Å². The maximum absolute atomic E-state index is 12.7. The van der Waals surface area contributed by atoms with E-state index >= 15 is 0 Å². The molecule has 0 bridgehead atoms. The highest BCUT2D eigenvalue weighted by Gasteiger charge is 2.32. The van der Waals surface area contributed by atoms with Crippen molar-refractivity contribution in [2.75, 3.05) is 13.7 Å². The van der Waals surface area contributed by atoms with E-state index in [-0.39, 0.29) is 29.5 Å². The second-order valence-electron chi connectivity index (χ2n) is 6.98. The molecule has 9 heteroatoms. The molecule has 152 valence electrons. The second-order valence-corrected chi connectivity index (χ2v) is 9.54. The van der Waals surface area contributed by atoms with Crippen LogP contribution >= 0.6 is 23.2 Å². The number of sulfonamides is 1. The average molecular weight is 444 g/mol. The Hall–Kier alpha value is -1.22. The Morgan fingerprint density at radius 1 is 1.25 bits per heavy atom. The van der Waals surface area contributed by atoms with Gasteiger partial charge in [-0.15, -0.1) is 0 Å². The molecule has 28 heavy (non-hydrogen) atoms. The van der Waals surface area contributed by atoms with Gasteiger partial charge in [0.05, 0.1) is 27.2 Å². The van der Waals surface area contributed by atoms with Crippen LogP contribution in [0.2, 0.25) is 10.0 Å². The van der Waals surface area contributed by atoms with E-state index in [9.17, 15) is 13.5 Å². The van der Waals surface area contributed by atoms with Crippen LogP contribution in [-0.2, 0) is 10.0 Å². The van der Waals surface area contributed by atoms with Crippen LogP contribution in [0.3, 0.4) is 0 Å². The number of rotatable bonds is 7. The predicted molar refractivity (Wildman–Crippen MR) is 111 cm³/mol. The van der Waals surface area contributed by atoms with Crippen LogP contribution in [0.4, 0.5) is 0 Å². The number of nitrogens with one attached hydrogen (secondary N) is 2. The zero-order valence-corrected chi connectivity index (χ0v) is 17.7. The van der Waals surface area contributed by atoms with Gasteiger partial charge in [0.1, 0.15) is 0 Å². The summed E-state index contributed by atoms with van der Waals surface area (Å²) in [6.45, 7) is 0.0450. The Bertz CT molecular complexity index is 919. The van der Waals surface area contributed by atoms with Gasteiger partial charge in [-0.1, -0.05) is 35.3 Å². The monoisotopic (exact) mass is 443 g/mol. The number of halogens is 2. The summed E-state index contributed by atoms with van der Waals surface area (Å²) in [5, 5.41) is 13.3. The van der Waals surface area contributed by atoms with Gasteiger partial charge in [-0.05, 0) is 50.4 Å². The van der Waals surface area contributed by atoms with Crippen LogP contribution in [0, 0.1) is 5.92 Å². The fourth-order valence-corrected chi connectivity index (χ4v) is 5.44. The molecule has 1 aromatic carbocycles. The molecule has 3 atom stereocenters. The Morgan fingerprint density at radius 2 is 1.96 bits per heavy atom. The maximum Gasteiger partial charge on any atom is 0.240 e. The smallest absolute Gasteiger partial charge is 0.240 e. The number of hydrogen-bond acceptors (Lipinski definition) is 5. The summed E-state index contributed by atoms with van der Waals surface area (Å²) in [7, 11) is -1.82. The van der Waals surface area contributed by atoms with Crippen LogP contribution in [0.1, 0.15) is 19.3 Å². The first-order valence-electron chi connectivity index (χ1n) is 9.06. The molecule has 0 radical (unpaired) electrons. The number of hydrogen-bond donors (Lipinski definition) is 3. The normalized spacial score (nSPS) is 21.0. The van der Waals surface area contributed by atoms with Crippen LogP contribution < -0.4 is 10.0 Å². The topological polar surface area (TPSA) is 91.3 Å². The van der Waals surface area contributed by atoms with Gasteiger partial charge in [-0.25, -0.2) is 13.1 Å². The van der Waals surface area contributed by atoms with Crippen molar-refractivity contribution in [2.24, 2.45) is 5.92 Å². The Balaban J connectivity index is 1.71. The number of likely N-dealkylation sites (N-methyl/N-ethyl adjacent to an activating group) is 1. The van der Waals surface area contributed by atoms with E-state index in [0.29, 0.717) is 27.7 Å². The summed E-state index contributed by atoms with van der Waals surface area (Å²) in [4.78, 5) is 4.40. The molecule has 2 aromatic rings. The van der Waals surface area contributed by atoms with Gasteiger partial charge in [0.2, 0.25) is 10.0 Å². The van der Waals surface area contributed by atoms with Gasteiger partial charge in [-0.2, -0.15) is 0 Å². The number of aliphatic hydroxyl groups is 1. The third-order valence-corrected chi connectivity index (χ3v) is 7.21. The molecule has 0 aliphatic heterocycles. The van der Waals surface area contributed by atoms with Gasteiger partial charge in [0, 0.05) is 23.8 Å². The number of aromatic nitrogens is 1. The molecule has 1 aromatic heterocycles. The first-order chi connectivity index (χ1) is 13.3. The van der Waals surface area contributed by atoms with E-state index in [0.717, 1.165) is 12.8 Å². The molecule has 1 fully saturated rings. The molecule has 1 heterocycles. The van der Waals surface area contributed by atoms with Crippen molar-refractivity contribution in [2.45, 2.75) is 36.2 Å². The summed E-state index contributed by atoms with van der Waals surface area (Å²) in [5.41, 5.74) is 1.25. The van der Waals surface area contributed by atoms with E-state index in [1.165, 1.54) is 6.20 Å². The van der Waals surface area contributed by atoms with Crippen molar-refractivity contribution in [3.63, 3.8) is 0 Å². The van der Waals surface area contributed by atoms with Crippen LogP contribution in [0.5, 0.6) is 0 Å². The minimum absolute atomic E-state index is 0.00888. The third-order valence-electron chi connectivity index (χ3n) is 5.18. The second kappa shape index (κ2) is 9.07.